The van der Waals surface area contributed by atoms with Gasteiger partial charge in [-0.05, 0) is 31.0 Å². The maximum absolute atomic E-state index is 13.3. The number of nitrogens with zero attached hydrogens (tertiary/aromatic N) is 5. The summed E-state index contributed by atoms with van der Waals surface area (Å²) in [6.07, 6.45) is 0.390. The van der Waals surface area contributed by atoms with Gasteiger partial charge in [-0.1, -0.05) is 0 Å². The van der Waals surface area contributed by atoms with E-state index in [2.05, 4.69) is 25.6 Å². The molecular formula is C27H29N7O8. The third kappa shape index (κ3) is 5.45. The minimum absolute atomic E-state index is 0.0492. The first kappa shape index (κ1) is 27.5. The Bertz CT molecular complexity index is 1650. The molecule has 220 valence electrons. The number of phenolic OH excluding ortho intramolecular Hbond substituents is 1. The highest BCUT2D eigenvalue weighted by atomic mass is 16.9. The van der Waals surface area contributed by atoms with Gasteiger partial charge in [-0.15, -0.1) is 0 Å². The van der Waals surface area contributed by atoms with E-state index >= 15 is 0 Å². The maximum atomic E-state index is 13.3. The highest BCUT2D eigenvalue weighted by Gasteiger charge is 2.34. The number of fused-ring (bicyclic) bond motifs is 4. The second-order valence-electron chi connectivity index (χ2n) is 10.1. The van der Waals surface area contributed by atoms with E-state index in [0.717, 1.165) is 12.8 Å². The molecule has 4 bridgehead atoms. The van der Waals surface area contributed by atoms with Crippen LogP contribution in [-0.2, 0) is 17.9 Å². The molecule has 15 heteroatoms. The molecule has 4 heterocycles. The van der Waals surface area contributed by atoms with Crippen LogP contribution in [0.3, 0.4) is 0 Å². The number of amides is 1. The lowest BCUT2D eigenvalue weighted by Crippen LogP contribution is -2.52. The number of nitrogens with one attached hydrogen (secondary N) is 2. The van der Waals surface area contributed by atoms with E-state index in [4.69, 9.17) is 14.2 Å². The molecule has 1 fully saturated rings. The predicted molar refractivity (Wildman–Crippen MR) is 147 cm³/mol. The van der Waals surface area contributed by atoms with E-state index in [-0.39, 0.29) is 53.9 Å². The van der Waals surface area contributed by atoms with Crippen LogP contribution in [0.5, 0.6) is 17.2 Å². The number of anilines is 3. The molecule has 1 saturated carbocycles. The minimum atomic E-state index is -3.46. The molecule has 4 aromatic rings. The summed E-state index contributed by atoms with van der Waals surface area (Å²) < 4.78 is 17.4. The molecule has 2 aliphatic rings. The zero-order chi connectivity index (χ0) is 29.6. The van der Waals surface area contributed by atoms with Gasteiger partial charge < -0.3 is 50.2 Å². The lowest BCUT2D eigenvalue weighted by Gasteiger charge is -2.36. The molecule has 2 atom stereocenters. The van der Waals surface area contributed by atoms with Crippen LogP contribution in [0.4, 0.5) is 22.0 Å². The number of hydrogen-bond acceptors (Lipinski definition) is 13. The Morgan fingerprint density at radius 3 is 2.74 bits per heavy atom. The van der Waals surface area contributed by atoms with E-state index < -0.39 is 12.2 Å². The zero-order valence-electron chi connectivity index (χ0n) is 22.7. The average molecular weight is 580 g/mol. The van der Waals surface area contributed by atoms with Crippen LogP contribution in [0.2, 0.25) is 0 Å². The number of methoxy groups -OCH3 is 1. The molecule has 0 spiro atoms. The van der Waals surface area contributed by atoms with Crippen LogP contribution in [0.25, 0.3) is 11.2 Å². The SMILES string of the molecule is COc1ccc(CN(C)c2cc3nc4c2ncn4C(=O)N[C@@H]2CCC2OCc2cc(c(OC(O)(O)O)cn2)N3)c(O)c1. The Morgan fingerprint density at radius 2 is 2.02 bits per heavy atom. The molecule has 15 nitrogen and oxygen atoms in total. The van der Waals surface area contributed by atoms with Gasteiger partial charge in [0.05, 0.1) is 49.1 Å². The maximum Gasteiger partial charge on any atom is 0.453 e. The number of carbonyl (C=O) groups excluding carboxylic acids is 1. The summed E-state index contributed by atoms with van der Waals surface area (Å²) in [5.74, 6) is 0.610. The smallest absolute Gasteiger partial charge is 0.453 e. The summed E-state index contributed by atoms with van der Waals surface area (Å²) in [6, 6.07) is 7.61. The van der Waals surface area contributed by atoms with Gasteiger partial charge in [0.1, 0.15) is 29.2 Å². The number of hydrogen-bond donors (Lipinski definition) is 6. The number of aromatic nitrogens is 4. The molecule has 1 unspecified atom stereocenters. The molecule has 1 amide bonds. The summed E-state index contributed by atoms with van der Waals surface area (Å²) >= 11 is 0. The van der Waals surface area contributed by atoms with Crippen molar-refractivity contribution in [3.05, 3.63) is 54.1 Å². The Balaban J connectivity index is 1.45. The van der Waals surface area contributed by atoms with Crippen molar-refractivity contribution in [1.29, 1.82) is 0 Å². The van der Waals surface area contributed by atoms with Crippen molar-refractivity contribution in [2.24, 2.45) is 0 Å². The monoisotopic (exact) mass is 579 g/mol. The predicted octanol–water partition coefficient (Wildman–Crippen LogP) is 1.51. The van der Waals surface area contributed by atoms with Crippen molar-refractivity contribution in [3.63, 3.8) is 0 Å². The molecule has 0 saturated heterocycles. The quantitative estimate of drug-likeness (QED) is 0.180. The highest BCUT2D eigenvalue weighted by molar-refractivity contribution is 5.95. The first-order valence-electron chi connectivity index (χ1n) is 13.1. The number of aliphatic hydroxyl groups is 3. The van der Waals surface area contributed by atoms with Crippen molar-refractivity contribution < 1.29 is 39.4 Å². The Kier molecular flexibility index (Phi) is 6.94. The Morgan fingerprint density at radius 1 is 1.19 bits per heavy atom. The second-order valence-corrected chi connectivity index (χ2v) is 10.1. The molecule has 1 aliphatic carbocycles. The number of pyridine rings is 2. The van der Waals surface area contributed by atoms with Gasteiger partial charge in [0.2, 0.25) is 0 Å². The van der Waals surface area contributed by atoms with Gasteiger partial charge in [-0.3, -0.25) is 4.98 Å². The number of benzene rings is 1. The largest absolute Gasteiger partial charge is 0.507 e. The number of ether oxygens (including phenoxy) is 3. The lowest BCUT2D eigenvalue weighted by molar-refractivity contribution is -0.419. The second kappa shape index (κ2) is 10.6. The fraction of sp³-hybridized carbons (Fsp3) is 0.333. The molecule has 6 rings (SSSR count). The summed E-state index contributed by atoms with van der Waals surface area (Å²) in [7, 11) is 3.31. The Labute approximate surface area is 238 Å². The summed E-state index contributed by atoms with van der Waals surface area (Å²) in [5.41, 5.74) is 2.52. The highest BCUT2D eigenvalue weighted by Crippen LogP contribution is 2.35. The first-order valence-corrected chi connectivity index (χ1v) is 13.1. The fourth-order valence-corrected chi connectivity index (χ4v) is 4.91. The molecule has 42 heavy (non-hydrogen) atoms. The van der Waals surface area contributed by atoms with E-state index in [1.807, 2.05) is 4.90 Å². The molecule has 1 aromatic carbocycles. The standard InChI is InChI=1S/C27H29N7O8/c1-33(11-14-3-4-16(40-2)8-20(14)35)19-9-23-30-18-7-15(28-10-22(18)42-27(37,38)39)12-41-21-6-5-17(21)31-26(36)34-13-29-24(19)25(34)32-23/h3-4,7-10,13,17,21,35,37-39H,5-6,11-12H2,1-2H3,(H,30,32)(H,31,36)/t17-,21?/m1/s1. The zero-order valence-corrected chi connectivity index (χ0v) is 22.7. The molecule has 6 N–H and O–H groups in total. The van der Waals surface area contributed by atoms with Crippen LogP contribution in [0.15, 0.2) is 42.9 Å². The van der Waals surface area contributed by atoms with Gasteiger partial charge in [-0.25, -0.2) is 19.3 Å². The first-order chi connectivity index (χ1) is 20.1. The number of rotatable bonds is 6. The number of phenols is 1. The van der Waals surface area contributed by atoms with Gasteiger partial charge in [0.25, 0.3) is 0 Å². The third-order valence-corrected chi connectivity index (χ3v) is 7.21. The summed E-state index contributed by atoms with van der Waals surface area (Å²) in [5, 5.41) is 45.0. The summed E-state index contributed by atoms with van der Waals surface area (Å²) in [6.45, 7) is 0.376. The van der Waals surface area contributed by atoms with Crippen molar-refractivity contribution in [1.82, 2.24) is 24.8 Å². The van der Waals surface area contributed by atoms with Crippen LogP contribution in [0, 0.1) is 0 Å². The molecule has 3 aromatic heterocycles. The number of aromatic hydroxyl groups is 1. The van der Waals surface area contributed by atoms with Crippen LogP contribution in [0.1, 0.15) is 24.1 Å². The van der Waals surface area contributed by atoms with Crippen LogP contribution >= 0.6 is 0 Å². The van der Waals surface area contributed by atoms with Crippen LogP contribution in [-0.4, -0.2) is 78.4 Å². The molecule has 0 radical (unpaired) electrons. The van der Waals surface area contributed by atoms with Gasteiger partial charge in [-0.2, -0.15) is 0 Å². The van der Waals surface area contributed by atoms with Crippen molar-refractivity contribution in [2.75, 3.05) is 24.4 Å². The Hall–Kier alpha value is -4.70. The topological polar surface area (TPSA) is 197 Å². The van der Waals surface area contributed by atoms with Crippen LogP contribution < -0.4 is 25.0 Å². The van der Waals surface area contributed by atoms with Crippen molar-refractivity contribution in [2.45, 2.75) is 44.3 Å². The number of imidazole rings is 1. The minimum Gasteiger partial charge on any atom is -0.507 e. The van der Waals surface area contributed by atoms with E-state index in [1.54, 1.807) is 31.3 Å². The molecule has 1 aliphatic heterocycles. The molecular weight excluding hydrogens is 550 g/mol. The average Bonchev–Trinajstić information content (AvgIpc) is 3.36. The van der Waals surface area contributed by atoms with Crippen molar-refractivity contribution >= 4 is 34.4 Å². The normalized spacial score (nSPS) is 18.4. The third-order valence-electron chi connectivity index (χ3n) is 7.21. The van der Waals surface area contributed by atoms with Gasteiger partial charge >= 0.3 is 12.2 Å². The van der Waals surface area contributed by atoms with Gasteiger partial charge in [0, 0.05) is 31.3 Å². The van der Waals surface area contributed by atoms with Crippen molar-refractivity contribution in [3.8, 4) is 17.2 Å². The fourth-order valence-electron chi connectivity index (χ4n) is 4.91. The van der Waals surface area contributed by atoms with E-state index in [0.29, 0.717) is 28.2 Å². The number of carbonyl (C=O) groups is 1. The lowest BCUT2D eigenvalue weighted by atomic mass is 9.89. The van der Waals surface area contributed by atoms with Gasteiger partial charge in [0.15, 0.2) is 11.4 Å². The van der Waals surface area contributed by atoms with E-state index in [9.17, 15) is 25.2 Å². The van der Waals surface area contributed by atoms with E-state index in [1.165, 1.54) is 30.3 Å². The summed E-state index contributed by atoms with van der Waals surface area (Å²) in [4.78, 5) is 28.5.